The molecule has 0 atom stereocenters. The van der Waals surface area contributed by atoms with Gasteiger partial charge in [-0.05, 0) is 19.3 Å². The average Bonchev–Trinajstić information content (AvgIpc) is 2.65. The van der Waals surface area contributed by atoms with Crippen molar-refractivity contribution in [2.24, 2.45) is 0 Å². The van der Waals surface area contributed by atoms with Crippen molar-refractivity contribution < 1.29 is 19.4 Å². The van der Waals surface area contributed by atoms with E-state index in [1.54, 1.807) is 0 Å². The summed E-state index contributed by atoms with van der Waals surface area (Å²) >= 11 is 0. The van der Waals surface area contributed by atoms with Gasteiger partial charge in [0.2, 0.25) is 0 Å². The number of allylic oxidation sites excluding steroid dienone is 1. The summed E-state index contributed by atoms with van der Waals surface area (Å²) in [6.07, 6.45) is 22.5. The molecule has 0 saturated heterocycles. The van der Waals surface area contributed by atoms with E-state index in [2.05, 4.69) is 6.58 Å². The fraction of sp³-hybridized carbons (Fsp3) is 0.826. The fourth-order valence-corrected chi connectivity index (χ4v) is 3.16. The van der Waals surface area contributed by atoms with E-state index in [4.69, 9.17) is 9.84 Å². The maximum atomic E-state index is 11.2. The Balaban J connectivity index is 3.09. The lowest BCUT2D eigenvalue weighted by Gasteiger charge is -2.05. The monoisotopic (exact) mass is 382 g/mol. The molecule has 0 aromatic heterocycles. The van der Waals surface area contributed by atoms with Gasteiger partial charge in [-0.15, -0.1) is 6.58 Å². The molecule has 0 heterocycles. The van der Waals surface area contributed by atoms with Crippen molar-refractivity contribution >= 4 is 11.9 Å². The second-order valence-corrected chi connectivity index (χ2v) is 7.49. The minimum Gasteiger partial charge on any atom is -0.481 e. The highest BCUT2D eigenvalue weighted by atomic mass is 16.5. The largest absolute Gasteiger partial charge is 0.481 e. The van der Waals surface area contributed by atoms with Gasteiger partial charge in [0.25, 0.3) is 0 Å². The van der Waals surface area contributed by atoms with Crippen molar-refractivity contribution in [1.29, 1.82) is 0 Å². The van der Waals surface area contributed by atoms with Gasteiger partial charge in [-0.3, -0.25) is 9.59 Å². The average molecular weight is 383 g/mol. The lowest BCUT2D eigenvalue weighted by atomic mass is 10.0. The number of aliphatic carboxylic acids is 1. The van der Waals surface area contributed by atoms with Gasteiger partial charge in [0, 0.05) is 0 Å². The molecule has 4 nitrogen and oxygen atoms in total. The summed E-state index contributed by atoms with van der Waals surface area (Å²) < 4.78 is 5.01. The van der Waals surface area contributed by atoms with Crippen LogP contribution in [-0.4, -0.2) is 23.7 Å². The quantitative estimate of drug-likeness (QED) is 0.134. The van der Waals surface area contributed by atoms with Crippen LogP contribution in [0.5, 0.6) is 0 Å². The zero-order valence-electron chi connectivity index (χ0n) is 17.4. The van der Waals surface area contributed by atoms with Crippen LogP contribution in [0.3, 0.4) is 0 Å². The minimum atomic E-state index is -0.957. The second-order valence-electron chi connectivity index (χ2n) is 7.49. The molecule has 0 spiro atoms. The summed E-state index contributed by atoms with van der Waals surface area (Å²) in [5, 5.41) is 8.48. The Morgan fingerprint density at radius 1 is 0.667 bits per heavy atom. The van der Waals surface area contributed by atoms with Gasteiger partial charge in [-0.25, -0.2) is 0 Å². The number of hydrogen-bond acceptors (Lipinski definition) is 3. The highest BCUT2D eigenvalue weighted by Crippen LogP contribution is 2.13. The van der Waals surface area contributed by atoms with Crippen molar-refractivity contribution in [3.8, 4) is 0 Å². The van der Waals surface area contributed by atoms with Crippen LogP contribution in [0.15, 0.2) is 12.7 Å². The lowest BCUT2D eigenvalue weighted by molar-refractivity contribution is -0.147. The fourth-order valence-electron chi connectivity index (χ4n) is 3.16. The molecule has 4 heteroatoms. The molecule has 0 aliphatic carbocycles. The van der Waals surface area contributed by atoms with Gasteiger partial charge in [-0.2, -0.15) is 0 Å². The molecular formula is C23H42O4. The van der Waals surface area contributed by atoms with Gasteiger partial charge in [0.05, 0.1) is 19.4 Å². The third-order valence-electron chi connectivity index (χ3n) is 4.86. The summed E-state index contributed by atoms with van der Waals surface area (Å²) in [4.78, 5) is 21.6. The lowest BCUT2D eigenvalue weighted by Crippen LogP contribution is -2.08. The first-order valence-electron chi connectivity index (χ1n) is 11.1. The summed E-state index contributed by atoms with van der Waals surface area (Å²) in [6.45, 7) is 4.18. The predicted octanol–water partition coefficient (Wildman–Crippen LogP) is 6.82. The molecule has 0 aromatic carbocycles. The number of hydrogen-bond donors (Lipinski definition) is 1. The molecule has 0 saturated carbocycles. The first-order valence-corrected chi connectivity index (χ1v) is 11.1. The van der Waals surface area contributed by atoms with Crippen LogP contribution in [0.2, 0.25) is 0 Å². The Hall–Kier alpha value is -1.32. The second kappa shape index (κ2) is 21.0. The molecule has 27 heavy (non-hydrogen) atoms. The van der Waals surface area contributed by atoms with Gasteiger partial charge in [0.1, 0.15) is 0 Å². The third kappa shape index (κ3) is 22.6. The topological polar surface area (TPSA) is 63.6 Å². The summed E-state index contributed by atoms with van der Waals surface area (Å²) in [5.41, 5.74) is 0. The first-order chi connectivity index (χ1) is 13.2. The number of carbonyl (C=O) groups excluding carboxylic acids is 1. The van der Waals surface area contributed by atoms with E-state index >= 15 is 0 Å². The summed E-state index contributed by atoms with van der Waals surface area (Å²) in [6, 6.07) is 0. The molecule has 0 aliphatic heterocycles. The Morgan fingerprint density at radius 2 is 1.07 bits per heavy atom. The zero-order chi connectivity index (χ0) is 20.0. The standard InChI is InChI=1S/C23H42O4/c1-2-3-4-5-6-7-8-9-10-11-12-13-14-15-16-17-18-21-27-23(26)20-19-22(24)25/h2H,1,3-21H2,(H,24,25). The number of esters is 1. The van der Waals surface area contributed by atoms with Gasteiger partial charge < -0.3 is 9.84 Å². The Kier molecular flexibility index (Phi) is 20.0. The Labute approximate surface area is 166 Å². The Morgan fingerprint density at radius 3 is 1.48 bits per heavy atom. The molecule has 0 amide bonds. The van der Waals surface area contributed by atoms with Crippen molar-refractivity contribution in [2.45, 2.75) is 116 Å². The number of carboxylic acid groups (broad SMARTS) is 1. The van der Waals surface area contributed by atoms with Gasteiger partial charge in [-0.1, -0.05) is 89.5 Å². The molecule has 158 valence electrons. The van der Waals surface area contributed by atoms with Crippen molar-refractivity contribution in [1.82, 2.24) is 0 Å². The number of ether oxygens (including phenoxy) is 1. The van der Waals surface area contributed by atoms with E-state index in [1.807, 2.05) is 6.08 Å². The van der Waals surface area contributed by atoms with E-state index in [1.165, 1.54) is 89.9 Å². The number of rotatable bonds is 21. The van der Waals surface area contributed by atoms with E-state index < -0.39 is 11.9 Å². The number of carboxylic acids is 1. The summed E-state index contributed by atoms with van der Waals surface area (Å²) in [7, 11) is 0. The zero-order valence-corrected chi connectivity index (χ0v) is 17.4. The van der Waals surface area contributed by atoms with E-state index in [0.717, 1.165) is 12.8 Å². The maximum absolute atomic E-state index is 11.2. The minimum absolute atomic E-state index is 0.0228. The van der Waals surface area contributed by atoms with E-state index in [9.17, 15) is 9.59 Å². The molecule has 0 unspecified atom stereocenters. The van der Waals surface area contributed by atoms with Gasteiger partial charge in [0.15, 0.2) is 0 Å². The third-order valence-corrected chi connectivity index (χ3v) is 4.86. The van der Waals surface area contributed by atoms with Crippen LogP contribution in [0.4, 0.5) is 0 Å². The normalized spacial score (nSPS) is 10.7. The molecule has 0 rings (SSSR count). The van der Waals surface area contributed by atoms with E-state index in [0.29, 0.717) is 6.61 Å². The predicted molar refractivity (Wildman–Crippen MR) is 112 cm³/mol. The highest BCUT2D eigenvalue weighted by molar-refractivity contribution is 5.76. The van der Waals surface area contributed by atoms with Crippen LogP contribution in [0.1, 0.15) is 116 Å². The smallest absolute Gasteiger partial charge is 0.306 e. The van der Waals surface area contributed by atoms with Crippen LogP contribution < -0.4 is 0 Å². The van der Waals surface area contributed by atoms with Crippen LogP contribution in [-0.2, 0) is 14.3 Å². The van der Waals surface area contributed by atoms with Gasteiger partial charge >= 0.3 is 11.9 Å². The SMILES string of the molecule is C=CCCCCCCCCCCCCCCCCCOC(=O)CCC(=O)O. The van der Waals surface area contributed by atoms with Crippen molar-refractivity contribution in [3.63, 3.8) is 0 Å². The summed E-state index contributed by atoms with van der Waals surface area (Å²) in [5.74, 6) is -1.35. The molecular weight excluding hydrogens is 340 g/mol. The van der Waals surface area contributed by atoms with Crippen LogP contribution in [0, 0.1) is 0 Å². The molecule has 0 aliphatic rings. The van der Waals surface area contributed by atoms with Crippen molar-refractivity contribution in [3.05, 3.63) is 12.7 Å². The Bertz CT molecular complexity index is 365. The molecule has 0 aromatic rings. The van der Waals surface area contributed by atoms with Crippen LogP contribution >= 0.6 is 0 Å². The molecule has 0 bridgehead atoms. The molecule has 0 radical (unpaired) electrons. The maximum Gasteiger partial charge on any atom is 0.306 e. The van der Waals surface area contributed by atoms with Crippen LogP contribution in [0.25, 0.3) is 0 Å². The highest BCUT2D eigenvalue weighted by Gasteiger charge is 2.05. The van der Waals surface area contributed by atoms with Crippen molar-refractivity contribution in [2.75, 3.05) is 6.61 Å². The molecule has 0 fully saturated rings. The van der Waals surface area contributed by atoms with E-state index in [-0.39, 0.29) is 12.8 Å². The molecule has 1 N–H and O–H groups in total. The number of unbranched alkanes of at least 4 members (excludes halogenated alkanes) is 15. The first kappa shape index (κ1) is 25.7. The number of carbonyl (C=O) groups is 2.